The lowest BCUT2D eigenvalue weighted by atomic mass is 9.94. The minimum absolute atomic E-state index is 0.123. The number of carbonyl (C=O) groups is 2. The Bertz CT molecular complexity index is 1040. The van der Waals surface area contributed by atoms with Crippen molar-refractivity contribution < 1.29 is 24.2 Å². The second-order valence-electron chi connectivity index (χ2n) is 8.73. The summed E-state index contributed by atoms with van der Waals surface area (Å²) in [6.45, 7) is 8.58. The number of rotatable bonds is 8. The van der Waals surface area contributed by atoms with Crippen LogP contribution in [0.2, 0.25) is 0 Å². The first-order valence-electron chi connectivity index (χ1n) is 11.9. The van der Waals surface area contributed by atoms with Gasteiger partial charge < -0.3 is 19.5 Å². The first-order valence-corrected chi connectivity index (χ1v) is 11.9. The number of Topliss-reactive ketones (excluding diaryl/α,β-unsaturated/α-hetero) is 1. The molecule has 0 radical (unpaired) electrons. The van der Waals surface area contributed by atoms with E-state index in [4.69, 9.17) is 9.47 Å². The molecule has 4 rings (SSSR count). The van der Waals surface area contributed by atoms with Gasteiger partial charge in [-0.05, 0) is 43.2 Å². The molecule has 2 aromatic rings. The number of amides is 1. The van der Waals surface area contributed by atoms with Gasteiger partial charge in [-0.15, -0.1) is 0 Å². The van der Waals surface area contributed by atoms with Crippen LogP contribution in [0, 0.1) is 6.92 Å². The second-order valence-corrected chi connectivity index (χ2v) is 8.73. The van der Waals surface area contributed by atoms with Gasteiger partial charge in [0.1, 0.15) is 11.5 Å². The molecule has 0 aromatic heterocycles. The number of aliphatic hydroxyl groups is 1. The molecule has 0 aliphatic carbocycles. The molecule has 2 aliphatic rings. The molecular weight excluding hydrogens is 432 g/mol. The van der Waals surface area contributed by atoms with Crippen LogP contribution >= 0.6 is 0 Å². The van der Waals surface area contributed by atoms with Crippen LogP contribution in [0.3, 0.4) is 0 Å². The third-order valence-electron chi connectivity index (χ3n) is 6.29. The van der Waals surface area contributed by atoms with Crippen LogP contribution in [0.1, 0.15) is 36.1 Å². The van der Waals surface area contributed by atoms with Crippen molar-refractivity contribution in [3.63, 3.8) is 0 Å². The number of carbonyl (C=O) groups excluding carboxylic acids is 2. The Balaban J connectivity index is 1.67. The summed E-state index contributed by atoms with van der Waals surface area (Å²) in [5.74, 6) is -0.709. The maximum Gasteiger partial charge on any atom is 0.295 e. The van der Waals surface area contributed by atoms with Crippen molar-refractivity contribution in [1.82, 2.24) is 9.80 Å². The molecular formula is C27H32N2O5. The Morgan fingerprint density at radius 2 is 1.71 bits per heavy atom. The van der Waals surface area contributed by atoms with Crippen molar-refractivity contribution >= 4 is 17.4 Å². The number of ketones is 1. The van der Waals surface area contributed by atoms with Gasteiger partial charge in [0.05, 0.1) is 31.4 Å². The van der Waals surface area contributed by atoms with E-state index in [2.05, 4.69) is 4.90 Å². The van der Waals surface area contributed by atoms with Crippen molar-refractivity contribution in [3.05, 3.63) is 70.8 Å². The van der Waals surface area contributed by atoms with E-state index in [0.29, 0.717) is 44.2 Å². The third-order valence-corrected chi connectivity index (χ3v) is 6.29. The van der Waals surface area contributed by atoms with Crippen LogP contribution < -0.4 is 4.74 Å². The molecule has 2 fully saturated rings. The highest BCUT2D eigenvalue weighted by Gasteiger charge is 2.46. The van der Waals surface area contributed by atoms with Crippen LogP contribution in [-0.4, -0.2) is 72.6 Å². The van der Waals surface area contributed by atoms with Gasteiger partial charge >= 0.3 is 0 Å². The Hall–Kier alpha value is -3.16. The molecule has 2 heterocycles. The Labute approximate surface area is 200 Å². The van der Waals surface area contributed by atoms with E-state index in [1.807, 2.05) is 38.1 Å². The van der Waals surface area contributed by atoms with Crippen molar-refractivity contribution in [2.75, 3.05) is 46.0 Å². The second kappa shape index (κ2) is 10.8. The molecule has 1 amide bonds. The number of ether oxygens (including phenoxy) is 2. The fraction of sp³-hybridized carbons (Fsp3) is 0.407. The number of morpholine rings is 1. The molecule has 1 N–H and O–H groups in total. The van der Waals surface area contributed by atoms with Crippen LogP contribution in [-0.2, 0) is 14.3 Å². The third kappa shape index (κ3) is 5.16. The highest BCUT2D eigenvalue weighted by molar-refractivity contribution is 6.46. The van der Waals surface area contributed by atoms with E-state index in [1.54, 1.807) is 29.2 Å². The summed E-state index contributed by atoms with van der Waals surface area (Å²) in [6, 6.07) is 14.1. The van der Waals surface area contributed by atoms with Gasteiger partial charge in [-0.3, -0.25) is 14.5 Å². The van der Waals surface area contributed by atoms with Crippen LogP contribution in [0.4, 0.5) is 0 Å². The first kappa shape index (κ1) is 24.0. The first-order chi connectivity index (χ1) is 16.5. The SMILES string of the molecule is CCCOc1ccc(/C(O)=C2\C(=O)C(=O)N(CCN3CCOCC3)[C@H]2c2ccc(C)cc2)cc1. The number of hydrogen-bond acceptors (Lipinski definition) is 6. The van der Waals surface area contributed by atoms with E-state index >= 15 is 0 Å². The summed E-state index contributed by atoms with van der Waals surface area (Å²) in [6.07, 6.45) is 0.895. The number of nitrogens with zero attached hydrogens (tertiary/aromatic N) is 2. The predicted octanol–water partition coefficient (Wildman–Crippen LogP) is 3.54. The van der Waals surface area contributed by atoms with Crippen molar-refractivity contribution in [3.8, 4) is 5.75 Å². The van der Waals surface area contributed by atoms with Crippen LogP contribution in [0.5, 0.6) is 5.75 Å². The van der Waals surface area contributed by atoms with E-state index in [0.717, 1.165) is 30.6 Å². The molecule has 0 saturated carbocycles. The number of aryl methyl sites for hydroxylation is 1. The zero-order valence-corrected chi connectivity index (χ0v) is 19.8. The highest BCUT2D eigenvalue weighted by atomic mass is 16.5. The largest absolute Gasteiger partial charge is 0.507 e. The topological polar surface area (TPSA) is 79.3 Å². The molecule has 1 atom stereocenters. The number of aliphatic hydroxyl groups excluding tert-OH is 1. The Kier molecular flexibility index (Phi) is 7.65. The average molecular weight is 465 g/mol. The summed E-state index contributed by atoms with van der Waals surface area (Å²) in [4.78, 5) is 30.1. The summed E-state index contributed by atoms with van der Waals surface area (Å²) in [5.41, 5.74) is 2.48. The van der Waals surface area contributed by atoms with Gasteiger partial charge in [-0.25, -0.2) is 0 Å². The number of benzene rings is 2. The molecule has 2 aromatic carbocycles. The summed E-state index contributed by atoms with van der Waals surface area (Å²) >= 11 is 0. The smallest absolute Gasteiger partial charge is 0.295 e. The maximum absolute atomic E-state index is 13.2. The molecule has 7 heteroatoms. The normalized spacial score (nSPS) is 20.6. The van der Waals surface area contributed by atoms with Gasteiger partial charge in [0, 0.05) is 31.7 Å². The molecule has 180 valence electrons. The lowest BCUT2D eigenvalue weighted by Crippen LogP contribution is -2.42. The van der Waals surface area contributed by atoms with Gasteiger partial charge in [-0.1, -0.05) is 36.8 Å². The Morgan fingerprint density at radius 1 is 1.03 bits per heavy atom. The van der Waals surface area contributed by atoms with E-state index in [9.17, 15) is 14.7 Å². The molecule has 0 bridgehead atoms. The summed E-state index contributed by atoms with van der Waals surface area (Å²) in [7, 11) is 0. The fourth-order valence-electron chi connectivity index (χ4n) is 4.36. The molecule has 34 heavy (non-hydrogen) atoms. The quantitative estimate of drug-likeness (QED) is 0.366. The van der Waals surface area contributed by atoms with Crippen molar-refractivity contribution in [2.24, 2.45) is 0 Å². The minimum atomic E-state index is -0.656. The van der Waals surface area contributed by atoms with E-state index in [1.165, 1.54) is 0 Å². The van der Waals surface area contributed by atoms with E-state index < -0.39 is 17.7 Å². The fourth-order valence-corrected chi connectivity index (χ4v) is 4.36. The van der Waals surface area contributed by atoms with Gasteiger partial charge in [-0.2, -0.15) is 0 Å². The molecule has 2 aliphatic heterocycles. The number of likely N-dealkylation sites (tertiary alicyclic amines) is 1. The minimum Gasteiger partial charge on any atom is -0.507 e. The van der Waals surface area contributed by atoms with E-state index in [-0.39, 0.29) is 11.3 Å². The zero-order chi connectivity index (χ0) is 24.1. The van der Waals surface area contributed by atoms with Gasteiger partial charge in [0.2, 0.25) is 0 Å². The lowest BCUT2D eigenvalue weighted by molar-refractivity contribution is -0.140. The molecule has 0 unspecified atom stereocenters. The zero-order valence-electron chi connectivity index (χ0n) is 19.8. The Morgan fingerprint density at radius 3 is 2.35 bits per heavy atom. The molecule has 7 nitrogen and oxygen atoms in total. The standard InChI is InChI=1S/C27H32N2O5/c1-3-16-34-22-10-8-21(9-11-22)25(30)23-24(20-6-4-19(2)5-7-20)29(27(32)26(23)31)13-12-28-14-17-33-18-15-28/h4-11,24,30H,3,12-18H2,1-2H3/b25-23+/t24-/m0/s1. The summed E-state index contributed by atoms with van der Waals surface area (Å²) < 4.78 is 11.0. The average Bonchev–Trinajstić information content (AvgIpc) is 3.12. The van der Waals surface area contributed by atoms with Gasteiger partial charge in [0.15, 0.2) is 0 Å². The van der Waals surface area contributed by atoms with Crippen molar-refractivity contribution in [1.29, 1.82) is 0 Å². The lowest BCUT2D eigenvalue weighted by Gasteiger charge is -2.31. The molecule has 0 spiro atoms. The highest BCUT2D eigenvalue weighted by Crippen LogP contribution is 2.39. The predicted molar refractivity (Wildman–Crippen MR) is 130 cm³/mol. The van der Waals surface area contributed by atoms with Gasteiger partial charge in [0.25, 0.3) is 11.7 Å². The summed E-state index contributed by atoms with van der Waals surface area (Å²) in [5, 5.41) is 11.2. The van der Waals surface area contributed by atoms with Crippen LogP contribution in [0.15, 0.2) is 54.1 Å². The molecule has 2 saturated heterocycles. The van der Waals surface area contributed by atoms with Crippen molar-refractivity contribution in [2.45, 2.75) is 26.3 Å². The maximum atomic E-state index is 13.2. The van der Waals surface area contributed by atoms with Crippen LogP contribution in [0.25, 0.3) is 5.76 Å². The monoisotopic (exact) mass is 464 g/mol. The number of hydrogen-bond donors (Lipinski definition) is 1.